The average Bonchev–Trinajstić information content (AvgIpc) is 4.11. The number of fused-ring (bicyclic) bond motifs is 9. The van der Waals surface area contributed by atoms with Crippen molar-refractivity contribution < 1.29 is 8.83 Å². The molecule has 14 rings (SSSR count). The van der Waals surface area contributed by atoms with Crippen LogP contribution in [0.15, 0.2) is 258 Å². The molecule has 0 aliphatic heterocycles. The second kappa shape index (κ2) is 16.4. The normalized spacial score (nSPS) is 11.7. The van der Waals surface area contributed by atoms with E-state index in [0.717, 1.165) is 94.4 Å². The lowest BCUT2D eigenvalue weighted by molar-refractivity contribution is 0.669. The molecule has 0 N–H and O–H groups in total. The summed E-state index contributed by atoms with van der Waals surface area (Å²) in [6, 6.07) is 89.4. The number of para-hydroxylation sites is 4. The van der Waals surface area contributed by atoms with Gasteiger partial charge in [0.25, 0.3) is 0 Å². The van der Waals surface area contributed by atoms with Crippen molar-refractivity contribution in [2.45, 2.75) is 6.92 Å². The van der Waals surface area contributed by atoms with Crippen molar-refractivity contribution in [3.05, 3.63) is 254 Å². The lowest BCUT2D eigenvalue weighted by Crippen LogP contribution is -2.09. The standard InChI is InChI=1S/C67H44N2O2/c1-43-11-8-12-47(39-43)48-13-9-14-54(40-48)69-62-20-5-2-15-56(62)60-41-49(29-37-63(60)69)44-23-31-51(32-24-44)68(52-33-25-45(26-34-52)50-30-38-66-61(42-50)58-17-4-6-21-64(58)70-66)53-35-27-46(28-36-53)55-18-10-19-59-57-16-3-7-22-65(57)71-67(55)59/h2-42H,1H3. The number of nitrogens with zero attached hydrogens (tertiary/aromatic N) is 2. The van der Waals surface area contributed by atoms with E-state index in [2.05, 4.69) is 241 Å². The second-order valence-corrected chi connectivity index (χ2v) is 18.6. The molecule has 0 bridgehead atoms. The van der Waals surface area contributed by atoms with E-state index in [1.54, 1.807) is 0 Å². The van der Waals surface area contributed by atoms with E-state index in [4.69, 9.17) is 8.83 Å². The SMILES string of the molecule is Cc1cccc(-c2cccc(-n3c4ccccc4c4cc(-c5ccc(N(c6ccc(-c7ccc8oc9ccccc9c8c7)cc6)c6ccc(-c7cccc8c7oc7ccccc78)cc6)cc5)ccc43)c2)c1. The summed E-state index contributed by atoms with van der Waals surface area (Å²) in [7, 11) is 0. The van der Waals surface area contributed by atoms with Crippen LogP contribution in [0, 0.1) is 6.92 Å². The fourth-order valence-corrected chi connectivity index (χ4v) is 10.8. The molecule has 0 saturated carbocycles. The third-order valence-corrected chi connectivity index (χ3v) is 14.3. The Morgan fingerprint density at radius 3 is 1.51 bits per heavy atom. The summed E-state index contributed by atoms with van der Waals surface area (Å²) in [5.41, 5.74) is 20.8. The molecule has 3 heterocycles. The summed E-state index contributed by atoms with van der Waals surface area (Å²) in [4.78, 5) is 2.34. The first-order valence-electron chi connectivity index (χ1n) is 24.2. The third-order valence-electron chi connectivity index (χ3n) is 14.3. The van der Waals surface area contributed by atoms with Crippen LogP contribution < -0.4 is 4.90 Å². The van der Waals surface area contributed by atoms with Crippen LogP contribution in [-0.4, -0.2) is 4.57 Å². The molecule has 11 aromatic carbocycles. The monoisotopic (exact) mass is 908 g/mol. The van der Waals surface area contributed by atoms with Crippen molar-refractivity contribution >= 4 is 82.7 Å². The van der Waals surface area contributed by atoms with Gasteiger partial charge >= 0.3 is 0 Å². The number of aryl methyl sites for hydroxylation is 1. The Bertz CT molecular complexity index is 4340. The Balaban J connectivity index is 0.839. The number of aromatic nitrogens is 1. The number of benzene rings is 11. The average molecular weight is 909 g/mol. The highest BCUT2D eigenvalue weighted by atomic mass is 16.3. The topological polar surface area (TPSA) is 34.5 Å². The number of anilines is 3. The molecular weight excluding hydrogens is 865 g/mol. The van der Waals surface area contributed by atoms with Gasteiger partial charge in [-0.15, -0.1) is 0 Å². The Kier molecular flexibility index (Phi) is 9.39. The molecule has 0 aliphatic rings. The molecule has 14 aromatic rings. The first kappa shape index (κ1) is 40.7. The Morgan fingerprint density at radius 1 is 0.310 bits per heavy atom. The number of furan rings is 2. The zero-order chi connectivity index (χ0) is 47.0. The van der Waals surface area contributed by atoms with Crippen LogP contribution >= 0.6 is 0 Å². The quantitative estimate of drug-likeness (QED) is 0.152. The van der Waals surface area contributed by atoms with E-state index in [1.807, 2.05) is 24.3 Å². The van der Waals surface area contributed by atoms with Gasteiger partial charge in [0.2, 0.25) is 0 Å². The van der Waals surface area contributed by atoms with Crippen molar-refractivity contribution in [1.82, 2.24) is 4.57 Å². The Hall–Kier alpha value is -9.38. The summed E-state index contributed by atoms with van der Waals surface area (Å²) in [5, 5.41) is 6.96. The van der Waals surface area contributed by atoms with Gasteiger partial charge in [-0.3, -0.25) is 0 Å². The smallest absolute Gasteiger partial charge is 0.143 e. The molecule has 0 radical (unpaired) electrons. The van der Waals surface area contributed by atoms with Gasteiger partial charge in [-0.25, -0.2) is 0 Å². The van der Waals surface area contributed by atoms with Gasteiger partial charge in [0.05, 0.1) is 11.0 Å². The summed E-state index contributed by atoms with van der Waals surface area (Å²) >= 11 is 0. The van der Waals surface area contributed by atoms with E-state index in [0.29, 0.717) is 0 Å². The molecule has 0 unspecified atom stereocenters. The van der Waals surface area contributed by atoms with Crippen LogP contribution in [-0.2, 0) is 0 Å². The summed E-state index contributed by atoms with van der Waals surface area (Å²) in [6.45, 7) is 2.15. The molecular formula is C67H44N2O2. The lowest BCUT2D eigenvalue weighted by atomic mass is 10.0. The summed E-state index contributed by atoms with van der Waals surface area (Å²) < 4.78 is 15.0. The van der Waals surface area contributed by atoms with Gasteiger partial charge in [0.1, 0.15) is 22.3 Å². The summed E-state index contributed by atoms with van der Waals surface area (Å²) in [5.74, 6) is 0. The van der Waals surface area contributed by atoms with Crippen LogP contribution in [0.4, 0.5) is 17.1 Å². The largest absolute Gasteiger partial charge is 0.456 e. The highest BCUT2D eigenvalue weighted by Crippen LogP contribution is 2.42. The van der Waals surface area contributed by atoms with Gasteiger partial charge < -0.3 is 18.3 Å². The van der Waals surface area contributed by atoms with Gasteiger partial charge in [0, 0.05) is 60.6 Å². The molecule has 3 aromatic heterocycles. The molecule has 0 atom stereocenters. The predicted octanol–water partition coefficient (Wildman–Crippen LogP) is 19.0. The maximum absolute atomic E-state index is 6.46. The zero-order valence-corrected chi connectivity index (χ0v) is 38.9. The van der Waals surface area contributed by atoms with Crippen molar-refractivity contribution in [3.8, 4) is 50.2 Å². The third kappa shape index (κ3) is 6.91. The first-order chi connectivity index (χ1) is 35.1. The first-order valence-corrected chi connectivity index (χ1v) is 24.2. The van der Waals surface area contributed by atoms with E-state index in [9.17, 15) is 0 Å². The molecule has 71 heavy (non-hydrogen) atoms. The van der Waals surface area contributed by atoms with Gasteiger partial charge in [-0.05, 0) is 137 Å². The molecule has 4 heteroatoms. The predicted molar refractivity (Wildman–Crippen MR) is 297 cm³/mol. The van der Waals surface area contributed by atoms with E-state index in [1.165, 1.54) is 44.1 Å². The van der Waals surface area contributed by atoms with Crippen molar-refractivity contribution in [3.63, 3.8) is 0 Å². The minimum absolute atomic E-state index is 0.896. The fraction of sp³-hybridized carbons (Fsp3) is 0.0149. The van der Waals surface area contributed by atoms with E-state index in [-0.39, 0.29) is 0 Å². The molecule has 0 spiro atoms. The zero-order valence-electron chi connectivity index (χ0n) is 38.9. The van der Waals surface area contributed by atoms with Gasteiger partial charge in [-0.1, -0.05) is 163 Å². The minimum Gasteiger partial charge on any atom is -0.456 e. The molecule has 4 nitrogen and oxygen atoms in total. The van der Waals surface area contributed by atoms with E-state index < -0.39 is 0 Å². The minimum atomic E-state index is 0.896. The Labute approximate surface area is 410 Å². The van der Waals surface area contributed by atoms with Crippen LogP contribution in [0.1, 0.15) is 5.56 Å². The molecule has 0 fully saturated rings. The van der Waals surface area contributed by atoms with Crippen molar-refractivity contribution in [1.29, 1.82) is 0 Å². The second-order valence-electron chi connectivity index (χ2n) is 18.6. The number of hydrogen-bond donors (Lipinski definition) is 0. The van der Waals surface area contributed by atoms with Gasteiger partial charge in [0.15, 0.2) is 0 Å². The van der Waals surface area contributed by atoms with Gasteiger partial charge in [-0.2, -0.15) is 0 Å². The number of rotatable bonds is 8. The van der Waals surface area contributed by atoms with Crippen LogP contribution in [0.3, 0.4) is 0 Å². The highest BCUT2D eigenvalue weighted by Gasteiger charge is 2.18. The molecule has 0 aliphatic carbocycles. The van der Waals surface area contributed by atoms with E-state index >= 15 is 0 Å². The highest BCUT2D eigenvalue weighted by molar-refractivity contribution is 6.11. The molecule has 334 valence electrons. The summed E-state index contributed by atoms with van der Waals surface area (Å²) in [6.07, 6.45) is 0. The van der Waals surface area contributed by atoms with Crippen LogP contribution in [0.2, 0.25) is 0 Å². The molecule has 0 saturated heterocycles. The fourth-order valence-electron chi connectivity index (χ4n) is 10.8. The van der Waals surface area contributed by atoms with Crippen LogP contribution in [0.25, 0.3) is 116 Å². The van der Waals surface area contributed by atoms with Crippen LogP contribution in [0.5, 0.6) is 0 Å². The van der Waals surface area contributed by atoms with Crippen molar-refractivity contribution in [2.24, 2.45) is 0 Å². The number of hydrogen-bond acceptors (Lipinski definition) is 3. The maximum atomic E-state index is 6.46. The lowest BCUT2D eigenvalue weighted by Gasteiger charge is -2.26. The molecule has 0 amide bonds. The van der Waals surface area contributed by atoms with Crippen molar-refractivity contribution in [2.75, 3.05) is 4.90 Å². The maximum Gasteiger partial charge on any atom is 0.143 e. The Morgan fingerprint density at radius 2 is 0.803 bits per heavy atom.